The van der Waals surface area contributed by atoms with Gasteiger partial charge in [0.1, 0.15) is 6.04 Å². The Morgan fingerprint density at radius 1 is 1.10 bits per heavy atom. The number of carbonyl (C=O) groups excluding carboxylic acids is 2. The molecule has 31 heavy (non-hydrogen) atoms. The fourth-order valence-corrected chi connectivity index (χ4v) is 4.64. The summed E-state index contributed by atoms with van der Waals surface area (Å²) < 4.78 is 0. The van der Waals surface area contributed by atoms with E-state index in [0.29, 0.717) is 35.3 Å². The minimum atomic E-state index is -0.496. The van der Waals surface area contributed by atoms with Gasteiger partial charge in [-0.05, 0) is 36.1 Å². The highest BCUT2D eigenvalue weighted by atomic mass is 35.5. The van der Waals surface area contributed by atoms with E-state index in [4.69, 9.17) is 23.2 Å². The van der Waals surface area contributed by atoms with Crippen molar-refractivity contribution in [3.05, 3.63) is 69.7 Å². The van der Waals surface area contributed by atoms with E-state index >= 15 is 0 Å². The number of benzene rings is 2. The summed E-state index contributed by atoms with van der Waals surface area (Å²) in [6.45, 7) is 5.06. The third-order valence-corrected chi connectivity index (χ3v) is 6.46. The number of unbranched alkanes of at least 4 members (excludes halogenated alkanes) is 1. The Kier molecular flexibility index (Phi) is 11.3. The molecule has 7 heteroatoms. The standard InChI is InChI=1S/C24H30Cl2N2O2S/c1-3-5-13-27-24(30)22(4-2)28(15-18-9-7-6-8-10-18)23(29)17-31-16-19-11-12-20(25)14-21(19)26/h6-12,14,22H,3-5,13,15-17H2,1-2H3,(H,27,30). The molecule has 2 aromatic rings. The van der Waals surface area contributed by atoms with Gasteiger partial charge >= 0.3 is 0 Å². The molecule has 168 valence electrons. The lowest BCUT2D eigenvalue weighted by Crippen LogP contribution is -2.49. The van der Waals surface area contributed by atoms with Crippen molar-refractivity contribution in [1.29, 1.82) is 0 Å². The van der Waals surface area contributed by atoms with Crippen LogP contribution in [0.15, 0.2) is 48.5 Å². The molecular formula is C24H30Cl2N2O2S. The predicted octanol–water partition coefficient (Wildman–Crippen LogP) is 5.95. The number of hydrogen-bond donors (Lipinski definition) is 1. The number of thioether (sulfide) groups is 1. The average Bonchev–Trinajstić information content (AvgIpc) is 2.76. The quantitative estimate of drug-likeness (QED) is 0.381. The summed E-state index contributed by atoms with van der Waals surface area (Å²) in [6, 6.07) is 14.7. The molecule has 0 fully saturated rings. The summed E-state index contributed by atoms with van der Waals surface area (Å²) in [5.41, 5.74) is 1.93. The molecule has 2 aromatic carbocycles. The van der Waals surface area contributed by atoms with Gasteiger partial charge in [0, 0.05) is 28.9 Å². The zero-order valence-electron chi connectivity index (χ0n) is 18.1. The van der Waals surface area contributed by atoms with Gasteiger partial charge in [-0.25, -0.2) is 0 Å². The number of nitrogens with zero attached hydrogens (tertiary/aromatic N) is 1. The van der Waals surface area contributed by atoms with Crippen LogP contribution in [0.1, 0.15) is 44.2 Å². The maximum atomic E-state index is 13.2. The van der Waals surface area contributed by atoms with Crippen molar-refractivity contribution in [1.82, 2.24) is 10.2 Å². The van der Waals surface area contributed by atoms with Crippen molar-refractivity contribution in [3.63, 3.8) is 0 Å². The van der Waals surface area contributed by atoms with Crippen LogP contribution >= 0.6 is 35.0 Å². The SMILES string of the molecule is CCCCNC(=O)C(CC)N(Cc1ccccc1)C(=O)CSCc1ccc(Cl)cc1Cl. The maximum Gasteiger partial charge on any atom is 0.242 e. The van der Waals surface area contributed by atoms with Gasteiger partial charge in [-0.3, -0.25) is 9.59 Å². The number of halogens is 2. The Balaban J connectivity index is 2.08. The molecule has 0 saturated carbocycles. The second-order valence-corrected chi connectivity index (χ2v) is 9.13. The van der Waals surface area contributed by atoms with Crippen LogP contribution in [0.3, 0.4) is 0 Å². The van der Waals surface area contributed by atoms with Crippen molar-refractivity contribution in [3.8, 4) is 0 Å². The smallest absolute Gasteiger partial charge is 0.242 e. The van der Waals surface area contributed by atoms with E-state index in [-0.39, 0.29) is 17.6 Å². The van der Waals surface area contributed by atoms with Crippen molar-refractivity contribution in [2.24, 2.45) is 0 Å². The van der Waals surface area contributed by atoms with E-state index in [2.05, 4.69) is 12.2 Å². The highest BCUT2D eigenvalue weighted by Gasteiger charge is 2.28. The fraction of sp³-hybridized carbons (Fsp3) is 0.417. The van der Waals surface area contributed by atoms with E-state index in [9.17, 15) is 9.59 Å². The molecule has 0 aliphatic heterocycles. The molecular weight excluding hydrogens is 451 g/mol. The Bertz CT molecular complexity index is 849. The molecule has 0 radical (unpaired) electrons. The van der Waals surface area contributed by atoms with Crippen LogP contribution in [0.4, 0.5) is 0 Å². The van der Waals surface area contributed by atoms with E-state index in [0.717, 1.165) is 24.0 Å². The van der Waals surface area contributed by atoms with Gasteiger partial charge in [-0.2, -0.15) is 0 Å². The summed E-state index contributed by atoms with van der Waals surface area (Å²) in [6.07, 6.45) is 2.49. The van der Waals surface area contributed by atoms with Gasteiger partial charge in [0.15, 0.2) is 0 Å². The Morgan fingerprint density at radius 3 is 2.48 bits per heavy atom. The lowest BCUT2D eigenvalue weighted by molar-refractivity contribution is -0.139. The second-order valence-electron chi connectivity index (χ2n) is 7.30. The summed E-state index contributed by atoms with van der Waals surface area (Å²) in [4.78, 5) is 27.7. The number of hydrogen-bond acceptors (Lipinski definition) is 3. The Labute approximate surface area is 199 Å². The van der Waals surface area contributed by atoms with E-state index < -0.39 is 6.04 Å². The van der Waals surface area contributed by atoms with Crippen LogP contribution in [-0.4, -0.2) is 35.1 Å². The van der Waals surface area contributed by atoms with Crippen molar-refractivity contribution < 1.29 is 9.59 Å². The molecule has 0 saturated heterocycles. The largest absolute Gasteiger partial charge is 0.354 e. The highest BCUT2D eigenvalue weighted by molar-refractivity contribution is 7.99. The van der Waals surface area contributed by atoms with E-state index in [1.54, 1.807) is 17.0 Å². The third-order valence-electron chi connectivity index (χ3n) is 4.91. The van der Waals surface area contributed by atoms with Gasteiger partial charge in [-0.1, -0.05) is 79.9 Å². The number of rotatable bonds is 12. The van der Waals surface area contributed by atoms with Gasteiger partial charge in [0.05, 0.1) is 5.75 Å². The molecule has 2 amide bonds. The average molecular weight is 481 g/mol. The molecule has 1 atom stereocenters. The highest BCUT2D eigenvalue weighted by Crippen LogP contribution is 2.25. The van der Waals surface area contributed by atoms with E-state index in [1.165, 1.54) is 11.8 Å². The lowest BCUT2D eigenvalue weighted by Gasteiger charge is -2.30. The van der Waals surface area contributed by atoms with Crippen LogP contribution in [0.5, 0.6) is 0 Å². The molecule has 0 aromatic heterocycles. The zero-order valence-corrected chi connectivity index (χ0v) is 20.4. The van der Waals surface area contributed by atoms with Crippen LogP contribution < -0.4 is 5.32 Å². The first kappa shape index (κ1) is 25.6. The molecule has 4 nitrogen and oxygen atoms in total. The first-order valence-corrected chi connectivity index (χ1v) is 12.5. The van der Waals surface area contributed by atoms with E-state index in [1.807, 2.05) is 43.3 Å². The molecule has 1 unspecified atom stereocenters. The minimum absolute atomic E-state index is 0.0589. The molecule has 0 heterocycles. The van der Waals surface area contributed by atoms with Gasteiger partial charge in [0.25, 0.3) is 0 Å². The number of nitrogens with one attached hydrogen (secondary N) is 1. The molecule has 0 aliphatic rings. The summed E-state index contributed by atoms with van der Waals surface area (Å²) in [7, 11) is 0. The number of carbonyl (C=O) groups is 2. The summed E-state index contributed by atoms with van der Waals surface area (Å²) >= 11 is 13.7. The van der Waals surface area contributed by atoms with Gasteiger partial charge in [0.2, 0.25) is 11.8 Å². The summed E-state index contributed by atoms with van der Waals surface area (Å²) in [5.74, 6) is 0.715. The topological polar surface area (TPSA) is 49.4 Å². The third kappa shape index (κ3) is 8.40. The van der Waals surface area contributed by atoms with Gasteiger partial charge < -0.3 is 10.2 Å². The lowest BCUT2D eigenvalue weighted by atomic mass is 10.1. The predicted molar refractivity (Wildman–Crippen MR) is 132 cm³/mol. The molecule has 1 N–H and O–H groups in total. The maximum absolute atomic E-state index is 13.2. The first-order valence-electron chi connectivity index (χ1n) is 10.6. The normalized spacial score (nSPS) is 11.7. The summed E-state index contributed by atoms with van der Waals surface area (Å²) in [5, 5.41) is 4.16. The van der Waals surface area contributed by atoms with Crippen LogP contribution in [0, 0.1) is 0 Å². The first-order chi connectivity index (χ1) is 15.0. The van der Waals surface area contributed by atoms with Gasteiger partial charge in [-0.15, -0.1) is 11.8 Å². The van der Waals surface area contributed by atoms with Crippen molar-refractivity contribution in [2.75, 3.05) is 12.3 Å². The molecule has 0 spiro atoms. The fourth-order valence-electron chi connectivity index (χ4n) is 3.18. The van der Waals surface area contributed by atoms with Crippen LogP contribution in [0.25, 0.3) is 0 Å². The Hall–Kier alpha value is -1.69. The molecule has 0 aliphatic carbocycles. The van der Waals surface area contributed by atoms with Crippen LogP contribution in [-0.2, 0) is 21.9 Å². The second kappa shape index (κ2) is 13.7. The monoisotopic (exact) mass is 480 g/mol. The molecule has 0 bridgehead atoms. The van der Waals surface area contributed by atoms with Crippen LogP contribution in [0.2, 0.25) is 10.0 Å². The number of amides is 2. The molecule has 2 rings (SSSR count). The zero-order chi connectivity index (χ0) is 22.6. The van der Waals surface area contributed by atoms with Crippen molar-refractivity contribution >= 4 is 46.8 Å². The van der Waals surface area contributed by atoms with Crippen molar-refractivity contribution in [2.45, 2.75) is 51.4 Å². The Morgan fingerprint density at radius 2 is 1.84 bits per heavy atom. The minimum Gasteiger partial charge on any atom is -0.354 e.